The summed E-state index contributed by atoms with van der Waals surface area (Å²) < 4.78 is 147. The number of alkyl halides is 9. The Balaban J connectivity index is 1.62. The lowest BCUT2D eigenvalue weighted by molar-refractivity contribution is -0.288. The van der Waals surface area contributed by atoms with Crippen molar-refractivity contribution in [2.24, 2.45) is 0 Å². The fourth-order valence-corrected chi connectivity index (χ4v) is 4.83. The Labute approximate surface area is 256 Å². The molecular weight excluding hydrogens is 634 g/mol. The van der Waals surface area contributed by atoms with Crippen LogP contribution in [0.15, 0.2) is 84.9 Å². The molecule has 0 aliphatic heterocycles. The Morgan fingerprint density at radius 1 is 0.674 bits per heavy atom. The van der Waals surface area contributed by atoms with Crippen LogP contribution in [0.2, 0.25) is 0 Å². The maximum absolute atomic E-state index is 14.6. The standard InChI is InChI=1S/C32H24F10N2O2/c1-18-3-13-24(25(15-18)30(34,35)36)28(45)44-23-11-7-21(8-12-23)29(31(37,38)39,32(40,41)42)20-5-9-22(10-6-20)43-17-46-27-14-4-19(2)16-26(27)33/h3-16,43H,17H2,1-2H3,(H,44,45). The van der Waals surface area contributed by atoms with E-state index in [9.17, 15) is 48.7 Å². The number of hydrogen-bond donors (Lipinski definition) is 2. The molecule has 0 unspecified atom stereocenters. The average Bonchev–Trinajstić information content (AvgIpc) is 2.94. The van der Waals surface area contributed by atoms with E-state index in [-0.39, 0.29) is 29.4 Å². The van der Waals surface area contributed by atoms with E-state index in [4.69, 9.17) is 4.74 Å². The number of amides is 1. The van der Waals surface area contributed by atoms with E-state index in [1.165, 1.54) is 25.1 Å². The molecule has 4 nitrogen and oxygen atoms in total. The SMILES string of the molecule is Cc1ccc(OCNc2ccc(C(c3ccc(NC(=O)c4ccc(C)cc4C(F)(F)F)cc3)(C(F)(F)F)C(F)(F)F)cc2)c(F)c1. The lowest BCUT2D eigenvalue weighted by Gasteiger charge is -2.38. The first-order chi connectivity index (χ1) is 21.3. The molecule has 0 saturated carbocycles. The lowest BCUT2D eigenvalue weighted by Crippen LogP contribution is -2.54. The van der Waals surface area contributed by atoms with Crippen LogP contribution in [-0.4, -0.2) is 25.0 Å². The minimum Gasteiger partial charge on any atom is -0.470 e. The van der Waals surface area contributed by atoms with Crippen molar-refractivity contribution in [1.29, 1.82) is 0 Å². The summed E-state index contributed by atoms with van der Waals surface area (Å²) in [6.45, 7) is 2.67. The molecule has 46 heavy (non-hydrogen) atoms. The molecule has 4 rings (SSSR count). The monoisotopic (exact) mass is 658 g/mol. The highest BCUT2D eigenvalue weighted by Crippen LogP contribution is 2.56. The van der Waals surface area contributed by atoms with Gasteiger partial charge in [0.2, 0.25) is 5.41 Å². The number of carbonyl (C=O) groups excluding carboxylic acids is 1. The van der Waals surface area contributed by atoms with Crippen LogP contribution in [-0.2, 0) is 11.6 Å². The molecule has 0 aliphatic rings. The van der Waals surface area contributed by atoms with Crippen LogP contribution in [0.1, 0.15) is 38.2 Å². The van der Waals surface area contributed by atoms with Gasteiger partial charge in [0.25, 0.3) is 5.91 Å². The largest absolute Gasteiger partial charge is 0.470 e. The van der Waals surface area contributed by atoms with Gasteiger partial charge in [0.1, 0.15) is 0 Å². The van der Waals surface area contributed by atoms with Crippen molar-refractivity contribution in [3.63, 3.8) is 0 Å². The molecule has 0 aliphatic carbocycles. The van der Waals surface area contributed by atoms with Crippen LogP contribution in [0.3, 0.4) is 0 Å². The zero-order valence-corrected chi connectivity index (χ0v) is 23.9. The third-order valence-corrected chi connectivity index (χ3v) is 7.06. The number of hydrogen-bond acceptors (Lipinski definition) is 3. The number of rotatable bonds is 8. The highest BCUT2D eigenvalue weighted by molar-refractivity contribution is 6.05. The van der Waals surface area contributed by atoms with Crippen LogP contribution >= 0.6 is 0 Å². The van der Waals surface area contributed by atoms with Crippen molar-refractivity contribution in [3.05, 3.63) is 124 Å². The van der Waals surface area contributed by atoms with Gasteiger partial charge >= 0.3 is 18.5 Å². The topological polar surface area (TPSA) is 50.4 Å². The molecule has 4 aromatic carbocycles. The molecule has 0 atom stereocenters. The summed E-state index contributed by atoms with van der Waals surface area (Å²) in [5.41, 5.74) is -8.45. The van der Waals surface area contributed by atoms with Gasteiger partial charge in [-0.2, -0.15) is 39.5 Å². The van der Waals surface area contributed by atoms with E-state index in [0.717, 1.165) is 36.4 Å². The number of benzene rings is 4. The number of anilines is 2. The molecule has 4 aromatic rings. The smallest absolute Gasteiger partial charge is 0.417 e. The summed E-state index contributed by atoms with van der Waals surface area (Å²) in [6, 6.07) is 12.7. The van der Waals surface area contributed by atoms with Crippen LogP contribution in [0.25, 0.3) is 0 Å². The first kappa shape index (κ1) is 34.1. The Bertz CT molecular complexity index is 1680. The van der Waals surface area contributed by atoms with Gasteiger partial charge in [-0.15, -0.1) is 0 Å². The normalized spacial score (nSPS) is 12.5. The van der Waals surface area contributed by atoms with E-state index in [2.05, 4.69) is 10.6 Å². The Kier molecular flexibility index (Phi) is 9.32. The second-order valence-electron chi connectivity index (χ2n) is 10.3. The molecule has 0 spiro atoms. The molecular formula is C32H24F10N2O2. The molecule has 14 heteroatoms. The minimum absolute atomic E-state index is 0.0712. The fourth-order valence-electron chi connectivity index (χ4n) is 4.83. The Morgan fingerprint density at radius 3 is 1.67 bits per heavy atom. The van der Waals surface area contributed by atoms with E-state index in [1.54, 1.807) is 13.0 Å². The number of aryl methyl sites for hydroxylation is 2. The fraction of sp³-hybridized carbons (Fsp3) is 0.219. The summed E-state index contributed by atoms with van der Waals surface area (Å²) in [7, 11) is 0. The van der Waals surface area contributed by atoms with Gasteiger partial charge in [0, 0.05) is 11.4 Å². The van der Waals surface area contributed by atoms with Gasteiger partial charge in [-0.25, -0.2) is 4.39 Å². The molecule has 244 valence electrons. The van der Waals surface area contributed by atoms with Crippen molar-refractivity contribution >= 4 is 17.3 Å². The number of halogens is 10. The predicted octanol–water partition coefficient (Wildman–Crippen LogP) is 9.57. The summed E-state index contributed by atoms with van der Waals surface area (Å²) >= 11 is 0. The highest BCUT2D eigenvalue weighted by Gasteiger charge is 2.72. The third kappa shape index (κ3) is 6.90. The van der Waals surface area contributed by atoms with Crippen molar-refractivity contribution in [3.8, 4) is 5.75 Å². The van der Waals surface area contributed by atoms with Gasteiger partial charge in [-0.05, 0) is 79.1 Å². The van der Waals surface area contributed by atoms with Gasteiger partial charge in [0.05, 0.1) is 11.1 Å². The van der Waals surface area contributed by atoms with Crippen LogP contribution in [0.4, 0.5) is 55.3 Å². The van der Waals surface area contributed by atoms with Crippen molar-refractivity contribution in [2.45, 2.75) is 37.8 Å². The molecule has 1 amide bonds. The summed E-state index contributed by atoms with van der Waals surface area (Å²) in [5.74, 6) is -2.05. The summed E-state index contributed by atoms with van der Waals surface area (Å²) in [5, 5.41) is 4.71. The van der Waals surface area contributed by atoms with E-state index >= 15 is 0 Å². The Morgan fingerprint density at radius 2 is 1.17 bits per heavy atom. The van der Waals surface area contributed by atoms with Crippen molar-refractivity contribution in [1.82, 2.24) is 0 Å². The maximum Gasteiger partial charge on any atom is 0.417 e. The average molecular weight is 659 g/mol. The molecule has 0 heterocycles. The van der Waals surface area contributed by atoms with Gasteiger partial charge in [-0.3, -0.25) is 4.79 Å². The van der Waals surface area contributed by atoms with Gasteiger partial charge in [-0.1, -0.05) is 42.0 Å². The predicted molar refractivity (Wildman–Crippen MR) is 150 cm³/mol. The lowest BCUT2D eigenvalue weighted by atomic mass is 9.73. The molecule has 0 bridgehead atoms. The van der Waals surface area contributed by atoms with Crippen molar-refractivity contribution < 1.29 is 53.4 Å². The van der Waals surface area contributed by atoms with E-state index < -0.39 is 57.9 Å². The van der Waals surface area contributed by atoms with Crippen LogP contribution in [0.5, 0.6) is 5.75 Å². The summed E-state index contributed by atoms with van der Waals surface area (Å²) in [4.78, 5) is 12.6. The van der Waals surface area contributed by atoms with Crippen molar-refractivity contribution in [2.75, 3.05) is 17.4 Å². The number of carbonyl (C=O) groups is 1. The molecule has 2 N–H and O–H groups in total. The Hall–Kier alpha value is -4.75. The molecule has 0 saturated heterocycles. The van der Waals surface area contributed by atoms with Gasteiger partial charge < -0.3 is 15.4 Å². The maximum atomic E-state index is 14.6. The van der Waals surface area contributed by atoms with Crippen LogP contribution in [0, 0.1) is 19.7 Å². The molecule has 0 fully saturated rings. The first-order valence-corrected chi connectivity index (χ1v) is 13.3. The zero-order valence-electron chi connectivity index (χ0n) is 23.9. The van der Waals surface area contributed by atoms with Gasteiger partial charge in [0.15, 0.2) is 18.3 Å². The highest BCUT2D eigenvalue weighted by atomic mass is 19.4. The summed E-state index contributed by atoms with van der Waals surface area (Å²) in [6.07, 6.45) is -16.7. The molecule has 0 radical (unpaired) electrons. The second kappa shape index (κ2) is 12.6. The first-order valence-electron chi connectivity index (χ1n) is 13.3. The molecule has 0 aromatic heterocycles. The number of ether oxygens (including phenoxy) is 1. The second-order valence-corrected chi connectivity index (χ2v) is 10.3. The quantitative estimate of drug-likeness (QED) is 0.147. The van der Waals surface area contributed by atoms with E-state index in [0.29, 0.717) is 29.8 Å². The van der Waals surface area contributed by atoms with E-state index in [1.807, 2.05) is 0 Å². The number of nitrogens with one attached hydrogen (secondary N) is 2. The third-order valence-electron chi connectivity index (χ3n) is 7.06. The van der Waals surface area contributed by atoms with Crippen LogP contribution < -0.4 is 15.4 Å². The minimum atomic E-state index is -5.92. The zero-order chi connectivity index (χ0) is 34.1.